The van der Waals surface area contributed by atoms with Crippen LogP contribution in [-0.4, -0.2) is 36.1 Å². The monoisotopic (exact) mass is 442 g/mol. The minimum atomic E-state index is -3.58. The van der Waals surface area contributed by atoms with Gasteiger partial charge < -0.3 is 13.7 Å². The van der Waals surface area contributed by atoms with Crippen molar-refractivity contribution in [3.8, 4) is 0 Å². The van der Waals surface area contributed by atoms with Gasteiger partial charge >= 0.3 is 0 Å². The average molecular weight is 443 g/mol. The van der Waals surface area contributed by atoms with Crippen LogP contribution in [0.5, 0.6) is 0 Å². The van der Waals surface area contributed by atoms with Crippen LogP contribution in [0.25, 0.3) is 0 Å². The lowest BCUT2D eigenvalue weighted by molar-refractivity contribution is 0.0704. The standard InChI is InChI=1S/C23H26N2O5S/c1-18-6-2-3-13-25(18)31(27,28)22-11-9-19(10-12-22)23(26)24(16-20-7-4-14-29-20)17-21-8-5-15-30-21/h4-5,7-12,14-15,18H,2-3,6,13,16-17H2,1H3. The van der Waals surface area contributed by atoms with Crippen LogP contribution in [0.3, 0.4) is 0 Å². The molecule has 1 aliphatic heterocycles. The van der Waals surface area contributed by atoms with E-state index in [2.05, 4.69) is 0 Å². The summed E-state index contributed by atoms with van der Waals surface area (Å²) in [6, 6.07) is 13.3. The van der Waals surface area contributed by atoms with Gasteiger partial charge in [0.1, 0.15) is 11.5 Å². The zero-order valence-electron chi connectivity index (χ0n) is 17.4. The van der Waals surface area contributed by atoms with Crippen molar-refractivity contribution in [3.05, 3.63) is 78.1 Å². The number of piperidine rings is 1. The quantitative estimate of drug-likeness (QED) is 0.545. The number of hydrogen-bond donors (Lipinski definition) is 0. The summed E-state index contributed by atoms with van der Waals surface area (Å²) < 4.78 is 38.4. The second kappa shape index (κ2) is 9.11. The second-order valence-corrected chi connectivity index (χ2v) is 9.70. The number of sulfonamides is 1. The molecule has 3 aromatic rings. The molecule has 2 aromatic heterocycles. The van der Waals surface area contributed by atoms with Crippen molar-refractivity contribution in [2.24, 2.45) is 0 Å². The van der Waals surface area contributed by atoms with Gasteiger partial charge in [0, 0.05) is 18.2 Å². The van der Waals surface area contributed by atoms with Crippen molar-refractivity contribution in [2.45, 2.75) is 50.2 Å². The Morgan fingerprint density at radius 2 is 1.61 bits per heavy atom. The van der Waals surface area contributed by atoms with E-state index in [0.29, 0.717) is 23.6 Å². The zero-order chi connectivity index (χ0) is 21.8. The summed E-state index contributed by atoms with van der Waals surface area (Å²) in [5.41, 5.74) is 0.406. The molecule has 164 valence electrons. The molecule has 8 heteroatoms. The van der Waals surface area contributed by atoms with Gasteiger partial charge in [0.2, 0.25) is 10.0 Å². The molecule has 1 atom stereocenters. The van der Waals surface area contributed by atoms with Crippen LogP contribution in [0, 0.1) is 0 Å². The first-order valence-corrected chi connectivity index (χ1v) is 11.8. The molecule has 1 amide bonds. The molecule has 7 nitrogen and oxygen atoms in total. The van der Waals surface area contributed by atoms with E-state index in [-0.39, 0.29) is 29.9 Å². The molecular weight excluding hydrogens is 416 g/mol. The van der Waals surface area contributed by atoms with Gasteiger partial charge in [-0.1, -0.05) is 6.42 Å². The van der Waals surface area contributed by atoms with E-state index in [1.807, 2.05) is 6.92 Å². The van der Waals surface area contributed by atoms with Crippen LogP contribution in [-0.2, 0) is 23.1 Å². The highest BCUT2D eigenvalue weighted by atomic mass is 32.2. The van der Waals surface area contributed by atoms with Crippen LogP contribution in [0.15, 0.2) is 74.8 Å². The van der Waals surface area contributed by atoms with Gasteiger partial charge in [0.15, 0.2) is 0 Å². The van der Waals surface area contributed by atoms with Crippen molar-refractivity contribution in [2.75, 3.05) is 6.54 Å². The van der Waals surface area contributed by atoms with E-state index in [1.165, 1.54) is 12.1 Å². The lowest BCUT2D eigenvalue weighted by atomic mass is 10.1. The molecule has 0 N–H and O–H groups in total. The van der Waals surface area contributed by atoms with E-state index < -0.39 is 10.0 Å². The van der Waals surface area contributed by atoms with E-state index >= 15 is 0 Å². The Bertz CT molecular complexity index is 1050. The van der Waals surface area contributed by atoms with Crippen LogP contribution in [0.2, 0.25) is 0 Å². The average Bonchev–Trinajstić information content (AvgIpc) is 3.47. The zero-order valence-corrected chi connectivity index (χ0v) is 18.3. The lowest BCUT2D eigenvalue weighted by Crippen LogP contribution is -2.41. The van der Waals surface area contributed by atoms with Crippen molar-refractivity contribution >= 4 is 15.9 Å². The number of furan rings is 2. The molecule has 0 saturated carbocycles. The summed E-state index contributed by atoms with van der Waals surface area (Å²) in [5, 5.41) is 0. The largest absolute Gasteiger partial charge is 0.467 e. The molecule has 1 aliphatic rings. The summed E-state index contributed by atoms with van der Waals surface area (Å²) in [7, 11) is -3.58. The van der Waals surface area contributed by atoms with Crippen molar-refractivity contribution in [1.29, 1.82) is 0 Å². The summed E-state index contributed by atoms with van der Waals surface area (Å²) in [5.74, 6) is 1.07. The van der Waals surface area contributed by atoms with Crippen molar-refractivity contribution in [1.82, 2.24) is 9.21 Å². The maximum Gasteiger partial charge on any atom is 0.254 e. The highest BCUT2D eigenvalue weighted by Gasteiger charge is 2.31. The Morgan fingerprint density at radius 1 is 1.00 bits per heavy atom. The normalized spacial score (nSPS) is 17.5. The fourth-order valence-corrected chi connectivity index (χ4v) is 5.60. The van der Waals surface area contributed by atoms with Crippen LogP contribution < -0.4 is 0 Å². The van der Waals surface area contributed by atoms with Gasteiger partial charge in [-0.25, -0.2) is 8.42 Å². The highest BCUT2D eigenvalue weighted by molar-refractivity contribution is 7.89. The predicted octanol–water partition coefficient (Wildman–Crippen LogP) is 4.28. The Kier molecular flexibility index (Phi) is 6.29. The third-order valence-electron chi connectivity index (χ3n) is 5.59. The number of hydrogen-bond acceptors (Lipinski definition) is 5. The topological polar surface area (TPSA) is 84.0 Å². The maximum absolute atomic E-state index is 13.2. The Morgan fingerprint density at radius 3 is 2.13 bits per heavy atom. The second-order valence-electron chi connectivity index (χ2n) is 7.80. The third kappa shape index (κ3) is 4.75. The molecular formula is C23H26N2O5S. The van der Waals surface area contributed by atoms with Crippen molar-refractivity contribution < 1.29 is 22.0 Å². The third-order valence-corrected chi connectivity index (χ3v) is 7.62. The number of amides is 1. The molecule has 31 heavy (non-hydrogen) atoms. The minimum Gasteiger partial charge on any atom is -0.467 e. The van der Waals surface area contributed by atoms with Gasteiger partial charge in [-0.2, -0.15) is 4.31 Å². The Hall–Kier alpha value is -2.84. The van der Waals surface area contributed by atoms with Crippen LogP contribution in [0.1, 0.15) is 48.1 Å². The minimum absolute atomic E-state index is 0.0165. The molecule has 0 radical (unpaired) electrons. The van der Waals surface area contributed by atoms with E-state index in [9.17, 15) is 13.2 Å². The molecule has 1 fully saturated rings. The van der Waals surface area contributed by atoms with E-state index in [1.54, 1.807) is 58.1 Å². The van der Waals surface area contributed by atoms with Gasteiger partial charge in [-0.3, -0.25) is 4.79 Å². The number of nitrogens with zero attached hydrogens (tertiary/aromatic N) is 2. The lowest BCUT2D eigenvalue weighted by Gasteiger charge is -2.32. The van der Waals surface area contributed by atoms with Gasteiger partial charge in [-0.05, 0) is 68.3 Å². The fraction of sp³-hybridized carbons (Fsp3) is 0.348. The first kappa shape index (κ1) is 21.4. The summed E-state index contributed by atoms with van der Waals surface area (Å²) in [6.07, 6.45) is 5.90. The van der Waals surface area contributed by atoms with E-state index in [4.69, 9.17) is 8.83 Å². The molecule has 0 spiro atoms. The predicted molar refractivity (Wildman–Crippen MR) is 115 cm³/mol. The van der Waals surface area contributed by atoms with E-state index in [0.717, 1.165) is 19.3 Å². The molecule has 3 heterocycles. The number of carbonyl (C=O) groups excluding carboxylic acids is 1. The van der Waals surface area contributed by atoms with Gasteiger partial charge in [0.05, 0.1) is 30.5 Å². The molecule has 1 unspecified atom stereocenters. The highest BCUT2D eigenvalue weighted by Crippen LogP contribution is 2.25. The SMILES string of the molecule is CC1CCCCN1S(=O)(=O)c1ccc(C(=O)N(Cc2ccco2)Cc2ccco2)cc1. The first-order valence-electron chi connectivity index (χ1n) is 10.4. The molecule has 4 rings (SSSR count). The van der Waals surface area contributed by atoms with Gasteiger partial charge in [0.25, 0.3) is 5.91 Å². The maximum atomic E-state index is 13.2. The first-order chi connectivity index (χ1) is 14.9. The number of carbonyl (C=O) groups is 1. The molecule has 0 aliphatic carbocycles. The molecule has 1 saturated heterocycles. The fourth-order valence-electron chi connectivity index (χ4n) is 3.90. The Labute approximate surface area is 182 Å². The Balaban J connectivity index is 1.55. The number of rotatable bonds is 7. The number of benzene rings is 1. The summed E-state index contributed by atoms with van der Waals surface area (Å²) in [4.78, 5) is 15.0. The van der Waals surface area contributed by atoms with Crippen LogP contribution >= 0.6 is 0 Å². The molecule has 0 bridgehead atoms. The van der Waals surface area contributed by atoms with Crippen molar-refractivity contribution in [3.63, 3.8) is 0 Å². The smallest absolute Gasteiger partial charge is 0.254 e. The van der Waals surface area contributed by atoms with Crippen LogP contribution in [0.4, 0.5) is 0 Å². The summed E-state index contributed by atoms with van der Waals surface area (Å²) >= 11 is 0. The van der Waals surface area contributed by atoms with Gasteiger partial charge in [-0.15, -0.1) is 0 Å². The molecule has 1 aromatic carbocycles. The summed E-state index contributed by atoms with van der Waals surface area (Å²) in [6.45, 7) is 3.02.